The van der Waals surface area contributed by atoms with Crippen LogP contribution in [0.4, 0.5) is 9.18 Å². The zero-order valence-corrected chi connectivity index (χ0v) is 24.6. The van der Waals surface area contributed by atoms with Gasteiger partial charge in [0.1, 0.15) is 11.9 Å². The third-order valence-corrected chi connectivity index (χ3v) is 8.90. The van der Waals surface area contributed by atoms with E-state index in [0.717, 1.165) is 31.2 Å². The van der Waals surface area contributed by atoms with Gasteiger partial charge in [0.25, 0.3) is 0 Å². The first-order valence-electron chi connectivity index (χ1n) is 15.1. The van der Waals surface area contributed by atoms with Gasteiger partial charge in [0, 0.05) is 44.7 Å². The number of halogens is 1. The van der Waals surface area contributed by atoms with Crippen LogP contribution in [-0.2, 0) is 20.7 Å². The van der Waals surface area contributed by atoms with Crippen molar-refractivity contribution in [2.24, 2.45) is 11.3 Å². The Hall–Kier alpha value is -2.68. The van der Waals surface area contributed by atoms with Gasteiger partial charge in [-0.05, 0) is 77.0 Å². The van der Waals surface area contributed by atoms with Gasteiger partial charge in [-0.3, -0.25) is 9.59 Å². The number of piperidine rings is 1. The molecule has 0 aromatic heterocycles. The average Bonchev–Trinajstić information content (AvgIpc) is 2.93. The molecule has 1 aliphatic carbocycles. The quantitative estimate of drug-likeness (QED) is 0.488. The molecule has 3 amide bonds. The highest BCUT2D eigenvalue weighted by Gasteiger charge is 2.50. The van der Waals surface area contributed by atoms with E-state index >= 15 is 0 Å². The molecule has 1 aromatic carbocycles. The van der Waals surface area contributed by atoms with E-state index in [2.05, 4.69) is 10.6 Å². The van der Waals surface area contributed by atoms with Crippen LogP contribution in [0.25, 0.3) is 0 Å². The van der Waals surface area contributed by atoms with E-state index in [1.54, 1.807) is 21.9 Å². The summed E-state index contributed by atoms with van der Waals surface area (Å²) in [7, 11) is 0. The van der Waals surface area contributed by atoms with Gasteiger partial charge in [0.15, 0.2) is 0 Å². The zero-order chi connectivity index (χ0) is 28.9. The lowest BCUT2D eigenvalue weighted by Crippen LogP contribution is -2.61. The van der Waals surface area contributed by atoms with Crippen molar-refractivity contribution in [3.05, 3.63) is 35.6 Å². The Morgan fingerprint density at radius 2 is 1.60 bits per heavy atom. The normalized spacial score (nSPS) is 24.4. The molecule has 0 spiro atoms. The summed E-state index contributed by atoms with van der Waals surface area (Å²) in [5, 5.41) is 6.43. The largest absolute Gasteiger partial charge is 0.463 e. The molecule has 3 aliphatic rings. The number of carbonyl (C=O) groups is 3. The molecule has 0 unspecified atom stereocenters. The van der Waals surface area contributed by atoms with Gasteiger partial charge in [0.2, 0.25) is 5.91 Å². The van der Waals surface area contributed by atoms with Crippen LogP contribution in [0.3, 0.4) is 0 Å². The summed E-state index contributed by atoms with van der Waals surface area (Å²) in [6, 6.07) is 5.31. The molecule has 1 saturated carbocycles. The van der Waals surface area contributed by atoms with Crippen molar-refractivity contribution in [1.29, 1.82) is 0 Å². The maximum atomic E-state index is 13.9. The molecule has 0 radical (unpaired) electrons. The van der Waals surface area contributed by atoms with Gasteiger partial charge < -0.3 is 25.2 Å². The highest BCUT2D eigenvalue weighted by atomic mass is 19.1. The van der Waals surface area contributed by atoms with Gasteiger partial charge in [-0.1, -0.05) is 31.4 Å². The molecule has 1 aromatic rings. The summed E-state index contributed by atoms with van der Waals surface area (Å²) in [6.07, 6.45) is 6.71. The van der Waals surface area contributed by atoms with Gasteiger partial charge in [-0.2, -0.15) is 0 Å². The molecule has 9 heteroatoms. The van der Waals surface area contributed by atoms with E-state index in [4.69, 9.17) is 4.74 Å². The number of piperazine rings is 1. The fraction of sp³-hybridized carbons (Fsp3) is 0.710. The predicted molar refractivity (Wildman–Crippen MR) is 152 cm³/mol. The smallest absolute Gasteiger partial charge is 0.318 e. The van der Waals surface area contributed by atoms with Gasteiger partial charge in [0.05, 0.1) is 11.5 Å². The molecule has 222 valence electrons. The number of urea groups is 1. The third kappa shape index (κ3) is 7.33. The Morgan fingerprint density at radius 1 is 1.00 bits per heavy atom. The van der Waals surface area contributed by atoms with Crippen molar-refractivity contribution >= 4 is 17.9 Å². The van der Waals surface area contributed by atoms with Crippen LogP contribution < -0.4 is 10.6 Å². The third-order valence-electron chi connectivity index (χ3n) is 8.90. The number of rotatable bonds is 7. The fourth-order valence-corrected chi connectivity index (χ4v) is 6.90. The van der Waals surface area contributed by atoms with Crippen molar-refractivity contribution in [3.63, 3.8) is 0 Å². The molecule has 8 nitrogen and oxygen atoms in total. The lowest BCUT2D eigenvalue weighted by molar-refractivity contribution is -0.170. The minimum Gasteiger partial charge on any atom is -0.463 e. The number of likely N-dealkylation sites (tertiary alicyclic amines) is 1. The number of carbonyl (C=O) groups excluding carboxylic acids is 3. The molecule has 2 N–H and O–H groups in total. The summed E-state index contributed by atoms with van der Waals surface area (Å²) in [5.74, 6) is -0.359. The maximum absolute atomic E-state index is 13.9. The Balaban J connectivity index is 1.49. The number of nitrogens with one attached hydrogen (secondary N) is 2. The van der Waals surface area contributed by atoms with E-state index in [-0.39, 0.29) is 54.3 Å². The summed E-state index contributed by atoms with van der Waals surface area (Å²) in [4.78, 5) is 44.3. The Morgan fingerprint density at radius 3 is 2.17 bits per heavy atom. The molecule has 0 bridgehead atoms. The minimum atomic E-state index is -0.789. The first-order valence-corrected chi connectivity index (χ1v) is 15.1. The lowest BCUT2D eigenvalue weighted by Gasteiger charge is -2.46. The molecule has 2 saturated heterocycles. The van der Waals surface area contributed by atoms with Gasteiger partial charge in [-0.15, -0.1) is 0 Å². The second-order valence-corrected chi connectivity index (χ2v) is 12.5. The van der Waals surface area contributed by atoms with Crippen LogP contribution >= 0.6 is 0 Å². The van der Waals surface area contributed by atoms with Crippen molar-refractivity contribution < 1.29 is 23.5 Å². The molecule has 4 rings (SSSR count). The maximum Gasteiger partial charge on any atom is 0.318 e. The highest BCUT2D eigenvalue weighted by Crippen LogP contribution is 2.47. The monoisotopic (exact) mass is 558 g/mol. The van der Waals surface area contributed by atoms with Crippen LogP contribution in [0.2, 0.25) is 0 Å². The summed E-state index contributed by atoms with van der Waals surface area (Å²) in [6.45, 7) is 9.83. The lowest BCUT2D eigenvalue weighted by atomic mass is 9.63. The Labute approximate surface area is 238 Å². The van der Waals surface area contributed by atoms with Crippen molar-refractivity contribution in [3.8, 4) is 0 Å². The zero-order valence-electron chi connectivity index (χ0n) is 24.6. The number of benzene rings is 1. The van der Waals surface area contributed by atoms with Crippen LogP contribution in [0.1, 0.15) is 78.2 Å². The SMILES string of the molecule is CC(C)OC(=O)C1(C2CCCCC2)CCN(C(=O)[C@@H](Cc2ccc(F)cc2)NC(=O)N2C[C@@H](C)N[C@H](C)C2)CC1. The number of hydrogen-bond donors (Lipinski definition) is 2. The average molecular weight is 559 g/mol. The number of hydrogen-bond acceptors (Lipinski definition) is 5. The number of esters is 1. The van der Waals surface area contributed by atoms with Crippen LogP contribution in [0, 0.1) is 17.2 Å². The van der Waals surface area contributed by atoms with E-state index in [1.165, 1.54) is 18.6 Å². The summed E-state index contributed by atoms with van der Waals surface area (Å²) in [5.41, 5.74) is 0.209. The summed E-state index contributed by atoms with van der Waals surface area (Å²) < 4.78 is 19.3. The molecular weight excluding hydrogens is 511 g/mol. The van der Waals surface area contributed by atoms with Crippen molar-refractivity contribution in [2.75, 3.05) is 26.2 Å². The Bertz CT molecular complexity index is 1010. The molecule has 40 heavy (non-hydrogen) atoms. The molecular formula is C31H47FN4O4. The second kappa shape index (κ2) is 13.3. The van der Waals surface area contributed by atoms with Crippen LogP contribution in [-0.4, -0.2) is 78.1 Å². The predicted octanol–water partition coefficient (Wildman–Crippen LogP) is 4.27. The van der Waals surface area contributed by atoms with Crippen molar-refractivity contribution in [1.82, 2.24) is 20.4 Å². The Kier molecular flexibility index (Phi) is 10.1. The molecule has 2 heterocycles. The standard InChI is InChI=1S/C31H47FN4O4/c1-21(2)40-29(38)31(25-8-6-5-7-9-25)14-16-35(17-15-31)28(37)27(18-24-10-12-26(32)13-11-24)34-30(39)36-19-22(3)33-23(4)20-36/h10-13,21-23,25,27,33H,5-9,14-20H2,1-4H3,(H,34,39)/t22-,23-,27-/m1/s1. The minimum absolute atomic E-state index is 0.125. The van der Waals surface area contributed by atoms with E-state index in [0.29, 0.717) is 39.0 Å². The van der Waals surface area contributed by atoms with Gasteiger partial charge in [-0.25, -0.2) is 9.18 Å². The summed E-state index contributed by atoms with van der Waals surface area (Å²) >= 11 is 0. The van der Waals surface area contributed by atoms with Gasteiger partial charge >= 0.3 is 12.0 Å². The van der Waals surface area contributed by atoms with Crippen LogP contribution in [0.5, 0.6) is 0 Å². The van der Waals surface area contributed by atoms with E-state index < -0.39 is 11.5 Å². The van der Waals surface area contributed by atoms with Crippen molar-refractivity contribution in [2.45, 2.75) is 103 Å². The fourth-order valence-electron chi connectivity index (χ4n) is 6.90. The first-order chi connectivity index (χ1) is 19.1. The number of amides is 3. The van der Waals surface area contributed by atoms with E-state index in [1.807, 2.05) is 27.7 Å². The highest BCUT2D eigenvalue weighted by molar-refractivity contribution is 5.88. The molecule has 2 aliphatic heterocycles. The van der Waals surface area contributed by atoms with Crippen LogP contribution in [0.15, 0.2) is 24.3 Å². The number of ether oxygens (including phenoxy) is 1. The second-order valence-electron chi connectivity index (χ2n) is 12.5. The molecule has 3 atom stereocenters. The number of nitrogens with zero attached hydrogens (tertiary/aromatic N) is 2. The first kappa shape index (κ1) is 30.3. The topological polar surface area (TPSA) is 91.0 Å². The molecule has 3 fully saturated rings. The van der Waals surface area contributed by atoms with E-state index in [9.17, 15) is 18.8 Å².